The average Bonchev–Trinajstić information content (AvgIpc) is 2.80. The lowest BCUT2D eigenvalue weighted by molar-refractivity contribution is -0.124. The Hall–Kier alpha value is -1.49. The minimum absolute atomic E-state index is 0.0523. The monoisotopic (exact) mass is 280 g/mol. The van der Waals surface area contributed by atoms with Crippen molar-refractivity contribution in [2.75, 3.05) is 6.54 Å². The summed E-state index contributed by atoms with van der Waals surface area (Å²) in [6.45, 7) is -0.410. The SMILES string of the molecule is O=C(NC1CCCc2ccccc21)C1CC(F)(F)CN1. The van der Waals surface area contributed by atoms with Gasteiger partial charge in [-0.05, 0) is 30.4 Å². The first-order valence-electron chi connectivity index (χ1n) is 7.04. The highest BCUT2D eigenvalue weighted by atomic mass is 19.3. The summed E-state index contributed by atoms with van der Waals surface area (Å²) in [4.78, 5) is 12.1. The molecular formula is C15H18F2N2O. The molecule has 1 aromatic rings. The predicted octanol–water partition coefficient (Wildman–Crippen LogP) is 2.18. The van der Waals surface area contributed by atoms with E-state index in [0.717, 1.165) is 24.8 Å². The molecule has 2 N–H and O–H groups in total. The van der Waals surface area contributed by atoms with Gasteiger partial charge in [0.1, 0.15) is 0 Å². The van der Waals surface area contributed by atoms with Gasteiger partial charge in [0.05, 0.1) is 18.6 Å². The molecule has 1 saturated heterocycles. The van der Waals surface area contributed by atoms with Crippen molar-refractivity contribution in [2.45, 2.75) is 43.7 Å². The molecule has 0 radical (unpaired) electrons. The molecule has 0 aromatic heterocycles. The Morgan fingerprint density at radius 3 is 2.90 bits per heavy atom. The third-order valence-electron chi connectivity index (χ3n) is 4.11. The number of halogens is 2. The molecule has 1 aromatic carbocycles. The van der Waals surface area contributed by atoms with Crippen LogP contribution in [0.4, 0.5) is 8.78 Å². The Kier molecular flexibility index (Phi) is 3.46. The maximum Gasteiger partial charge on any atom is 0.262 e. The van der Waals surface area contributed by atoms with Gasteiger partial charge in [0.2, 0.25) is 5.91 Å². The number of rotatable bonds is 2. The molecule has 2 atom stereocenters. The van der Waals surface area contributed by atoms with Crippen molar-refractivity contribution in [3.63, 3.8) is 0 Å². The number of aryl methyl sites for hydroxylation is 1. The van der Waals surface area contributed by atoms with Crippen LogP contribution < -0.4 is 10.6 Å². The normalized spacial score (nSPS) is 27.9. The van der Waals surface area contributed by atoms with Crippen LogP contribution in [0.5, 0.6) is 0 Å². The molecule has 2 unspecified atom stereocenters. The number of amides is 1. The molecule has 1 aliphatic heterocycles. The molecule has 3 rings (SSSR count). The Balaban J connectivity index is 1.69. The molecular weight excluding hydrogens is 262 g/mol. The Labute approximate surface area is 116 Å². The fourth-order valence-corrected chi connectivity index (χ4v) is 3.08. The maximum absolute atomic E-state index is 13.1. The van der Waals surface area contributed by atoms with Crippen molar-refractivity contribution in [3.05, 3.63) is 35.4 Å². The molecule has 3 nitrogen and oxygen atoms in total. The van der Waals surface area contributed by atoms with Crippen molar-refractivity contribution in [3.8, 4) is 0 Å². The second-order valence-corrected chi connectivity index (χ2v) is 5.65. The van der Waals surface area contributed by atoms with E-state index in [1.54, 1.807) is 0 Å². The summed E-state index contributed by atoms with van der Waals surface area (Å²) in [6.07, 6.45) is 2.48. The van der Waals surface area contributed by atoms with Gasteiger partial charge in [-0.3, -0.25) is 10.1 Å². The van der Waals surface area contributed by atoms with E-state index in [1.165, 1.54) is 5.56 Å². The van der Waals surface area contributed by atoms with E-state index in [1.807, 2.05) is 18.2 Å². The summed E-state index contributed by atoms with van der Waals surface area (Å²) in [5.41, 5.74) is 2.37. The van der Waals surface area contributed by atoms with Crippen LogP contribution in [-0.4, -0.2) is 24.4 Å². The highest BCUT2D eigenvalue weighted by molar-refractivity contribution is 5.82. The van der Waals surface area contributed by atoms with Gasteiger partial charge in [0, 0.05) is 6.42 Å². The van der Waals surface area contributed by atoms with E-state index < -0.39 is 24.9 Å². The lowest BCUT2D eigenvalue weighted by Gasteiger charge is -2.27. The van der Waals surface area contributed by atoms with Crippen LogP contribution in [0.1, 0.15) is 36.4 Å². The average molecular weight is 280 g/mol. The number of alkyl halides is 2. The summed E-state index contributed by atoms with van der Waals surface area (Å²) in [5, 5.41) is 5.52. The van der Waals surface area contributed by atoms with Gasteiger partial charge in [-0.25, -0.2) is 8.78 Å². The van der Waals surface area contributed by atoms with Gasteiger partial charge in [-0.2, -0.15) is 0 Å². The minimum Gasteiger partial charge on any atom is -0.348 e. The number of hydrogen-bond acceptors (Lipinski definition) is 2. The van der Waals surface area contributed by atoms with Crippen LogP contribution in [0.3, 0.4) is 0 Å². The van der Waals surface area contributed by atoms with Gasteiger partial charge < -0.3 is 5.32 Å². The number of benzene rings is 1. The third kappa shape index (κ3) is 2.68. The second kappa shape index (κ2) is 5.13. The van der Waals surface area contributed by atoms with Crippen LogP contribution in [-0.2, 0) is 11.2 Å². The van der Waals surface area contributed by atoms with Gasteiger partial charge in [0.15, 0.2) is 0 Å². The Morgan fingerprint density at radius 1 is 1.35 bits per heavy atom. The topological polar surface area (TPSA) is 41.1 Å². The van der Waals surface area contributed by atoms with E-state index in [4.69, 9.17) is 0 Å². The molecule has 108 valence electrons. The van der Waals surface area contributed by atoms with E-state index in [2.05, 4.69) is 16.7 Å². The van der Waals surface area contributed by atoms with Gasteiger partial charge >= 0.3 is 0 Å². The van der Waals surface area contributed by atoms with Crippen LogP contribution >= 0.6 is 0 Å². The molecule has 5 heteroatoms. The first-order chi connectivity index (χ1) is 9.55. The number of nitrogens with one attached hydrogen (secondary N) is 2. The highest BCUT2D eigenvalue weighted by Gasteiger charge is 2.42. The van der Waals surface area contributed by atoms with Crippen molar-refractivity contribution < 1.29 is 13.6 Å². The molecule has 1 heterocycles. The first-order valence-corrected chi connectivity index (χ1v) is 7.04. The van der Waals surface area contributed by atoms with Crippen molar-refractivity contribution in [1.82, 2.24) is 10.6 Å². The van der Waals surface area contributed by atoms with Crippen LogP contribution in [0.15, 0.2) is 24.3 Å². The predicted molar refractivity (Wildman–Crippen MR) is 71.6 cm³/mol. The molecule has 2 aliphatic rings. The zero-order chi connectivity index (χ0) is 14.2. The number of hydrogen-bond donors (Lipinski definition) is 2. The quantitative estimate of drug-likeness (QED) is 0.872. The molecule has 1 fully saturated rings. The lowest BCUT2D eigenvalue weighted by atomic mass is 9.87. The zero-order valence-electron chi connectivity index (χ0n) is 11.2. The van der Waals surface area contributed by atoms with Crippen LogP contribution in [0, 0.1) is 0 Å². The second-order valence-electron chi connectivity index (χ2n) is 5.65. The minimum atomic E-state index is -2.77. The molecule has 0 saturated carbocycles. The highest BCUT2D eigenvalue weighted by Crippen LogP contribution is 2.30. The maximum atomic E-state index is 13.1. The molecule has 20 heavy (non-hydrogen) atoms. The number of carbonyl (C=O) groups excluding carboxylic acids is 1. The zero-order valence-corrected chi connectivity index (χ0v) is 11.2. The molecule has 1 aliphatic carbocycles. The van der Waals surface area contributed by atoms with Crippen molar-refractivity contribution in [2.24, 2.45) is 0 Å². The van der Waals surface area contributed by atoms with Gasteiger partial charge in [-0.15, -0.1) is 0 Å². The number of carbonyl (C=O) groups is 1. The number of fused-ring (bicyclic) bond motifs is 1. The smallest absolute Gasteiger partial charge is 0.262 e. The van der Waals surface area contributed by atoms with E-state index in [9.17, 15) is 13.6 Å². The van der Waals surface area contributed by atoms with Crippen molar-refractivity contribution >= 4 is 5.91 Å². The van der Waals surface area contributed by atoms with Gasteiger partial charge in [0.25, 0.3) is 5.92 Å². The summed E-state index contributed by atoms with van der Waals surface area (Å²) in [7, 11) is 0. The molecule has 1 amide bonds. The Bertz CT molecular complexity index is 518. The summed E-state index contributed by atoms with van der Waals surface area (Å²) in [5.74, 6) is -3.09. The van der Waals surface area contributed by atoms with Crippen molar-refractivity contribution in [1.29, 1.82) is 0 Å². The largest absolute Gasteiger partial charge is 0.348 e. The van der Waals surface area contributed by atoms with E-state index >= 15 is 0 Å². The summed E-state index contributed by atoms with van der Waals surface area (Å²) < 4.78 is 26.3. The molecule has 0 spiro atoms. The fraction of sp³-hybridized carbons (Fsp3) is 0.533. The van der Waals surface area contributed by atoms with Crippen LogP contribution in [0.25, 0.3) is 0 Å². The lowest BCUT2D eigenvalue weighted by Crippen LogP contribution is -2.42. The van der Waals surface area contributed by atoms with E-state index in [0.29, 0.717) is 0 Å². The first kappa shape index (κ1) is 13.5. The van der Waals surface area contributed by atoms with Crippen LogP contribution in [0.2, 0.25) is 0 Å². The standard InChI is InChI=1S/C15H18F2N2O/c16-15(17)8-13(18-9-15)14(20)19-12-7-3-5-10-4-1-2-6-11(10)12/h1-2,4,6,12-13,18H,3,5,7-9H2,(H,19,20). The van der Waals surface area contributed by atoms with Gasteiger partial charge in [-0.1, -0.05) is 24.3 Å². The fourth-order valence-electron chi connectivity index (χ4n) is 3.08. The molecule has 0 bridgehead atoms. The summed E-state index contributed by atoms with van der Waals surface area (Å²) >= 11 is 0. The Morgan fingerprint density at radius 2 is 2.15 bits per heavy atom. The third-order valence-corrected chi connectivity index (χ3v) is 4.11. The van der Waals surface area contributed by atoms with E-state index in [-0.39, 0.29) is 11.9 Å². The summed E-state index contributed by atoms with van der Waals surface area (Å²) in [6, 6.07) is 7.18.